The van der Waals surface area contributed by atoms with E-state index in [9.17, 15) is 4.79 Å². The molecule has 1 aliphatic heterocycles. The van der Waals surface area contributed by atoms with Crippen molar-refractivity contribution in [2.24, 2.45) is 0 Å². The fraction of sp³-hybridized carbons (Fsp3) is 0.200. The molecule has 3 rings (SSSR count). The molecule has 1 amide bonds. The molecule has 0 unspecified atom stereocenters. The molecule has 128 valence electrons. The lowest BCUT2D eigenvalue weighted by Gasteiger charge is -2.14. The minimum Gasteiger partial charge on any atom is -0.494 e. The molecule has 0 bridgehead atoms. The van der Waals surface area contributed by atoms with E-state index in [4.69, 9.17) is 17.0 Å². The smallest absolute Gasteiger partial charge is 0.281 e. The molecule has 2 aromatic rings. The molecule has 0 aromatic heterocycles. The highest BCUT2D eigenvalue weighted by atomic mass is 32.1. The fourth-order valence-electron chi connectivity index (χ4n) is 2.68. The van der Waals surface area contributed by atoms with Gasteiger partial charge in [0.1, 0.15) is 11.4 Å². The Balaban J connectivity index is 1.85. The van der Waals surface area contributed by atoms with Crippen molar-refractivity contribution in [3.8, 4) is 5.75 Å². The summed E-state index contributed by atoms with van der Waals surface area (Å²) < 4.78 is 5.43. The number of nitrogens with one attached hydrogen (secondary N) is 1. The third kappa shape index (κ3) is 3.72. The van der Waals surface area contributed by atoms with Gasteiger partial charge >= 0.3 is 0 Å². The molecule has 25 heavy (non-hydrogen) atoms. The maximum Gasteiger partial charge on any atom is 0.281 e. The van der Waals surface area contributed by atoms with Crippen molar-refractivity contribution in [2.45, 2.75) is 20.3 Å². The zero-order valence-corrected chi connectivity index (χ0v) is 15.1. The Bertz CT molecular complexity index is 828. The predicted molar refractivity (Wildman–Crippen MR) is 105 cm³/mol. The summed E-state index contributed by atoms with van der Waals surface area (Å²) in [6, 6.07) is 15.5. The molecule has 0 aliphatic carbocycles. The Hall–Kier alpha value is -2.66. The lowest BCUT2D eigenvalue weighted by Crippen LogP contribution is -2.30. The molecule has 0 atom stereocenters. The number of thiocarbonyl (C=S) groups is 1. The summed E-state index contributed by atoms with van der Waals surface area (Å²) in [6.45, 7) is 4.65. The van der Waals surface area contributed by atoms with Gasteiger partial charge in [-0.15, -0.1) is 0 Å². The van der Waals surface area contributed by atoms with Gasteiger partial charge in [0.15, 0.2) is 5.11 Å². The Labute approximate surface area is 153 Å². The van der Waals surface area contributed by atoms with Crippen LogP contribution in [-0.4, -0.2) is 17.6 Å². The van der Waals surface area contributed by atoms with Crippen molar-refractivity contribution in [3.05, 3.63) is 65.4 Å². The molecule has 1 N–H and O–H groups in total. The van der Waals surface area contributed by atoms with Crippen LogP contribution in [0.2, 0.25) is 0 Å². The van der Waals surface area contributed by atoms with Gasteiger partial charge < -0.3 is 10.1 Å². The highest BCUT2D eigenvalue weighted by molar-refractivity contribution is 7.80. The molecule has 0 spiro atoms. The van der Waals surface area contributed by atoms with Crippen molar-refractivity contribution in [2.75, 3.05) is 11.5 Å². The molecule has 1 aliphatic rings. The average Bonchev–Trinajstić information content (AvgIpc) is 2.90. The first kappa shape index (κ1) is 17.2. The molecule has 5 heteroatoms. The summed E-state index contributed by atoms with van der Waals surface area (Å²) in [6.07, 6.45) is 2.71. The first-order chi connectivity index (χ1) is 12.1. The number of carbonyl (C=O) groups is 1. The van der Waals surface area contributed by atoms with Gasteiger partial charge in [-0.3, -0.25) is 9.69 Å². The van der Waals surface area contributed by atoms with E-state index in [1.165, 1.54) is 4.90 Å². The number of nitrogens with zero attached hydrogens (tertiary/aromatic N) is 1. The highest BCUT2D eigenvalue weighted by Crippen LogP contribution is 2.24. The zero-order chi connectivity index (χ0) is 17.8. The molecular weight excluding hydrogens is 332 g/mol. The van der Waals surface area contributed by atoms with Gasteiger partial charge in [0.05, 0.1) is 12.3 Å². The number of ether oxygens (including phenoxy) is 1. The number of carbonyl (C=O) groups excluding carboxylic acids is 1. The number of amides is 1. The van der Waals surface area contributed by atoms with Gasteiger partial charge in [-0.2, -0.15) is 0 Å². The van der Waals surface area contributed by atoms with Crippen LogP contribution in [0.4, 0.5) is 5.69 Å². The lowest BCUT2D eigenvalue weighted by molar-refractivity contribution is -0.113. The van der Waals surface area contributed by atoms with Crippen LogP contribution in [0.25, 0.3) is 6.08 Å². The van der Waals surface area contributed by atoms with E-state index in [1.807, 2.05) is 55.5 Å². The largest absolute Gasteiger partial charge is 0.494 e. The van der Waals surface area contributed by atoms with E-state index in [0.29, 0.717) is 17.4 Å². The summed E-state index contributed by atoms with van der Waals surface area (Å²) in [4.78, 5) is 14.3. The van der Waals surface area contributed by atoms with Crippen LogP contribution in [0.15, 0.2) is 54.2 Å². The predicted octanol–water partition coefficient (Wildman–Crippen LogP) is 3.91. The maximum atomic E-state index is 12.8. The summed E-state index contributed by atoms with van der Waals surface area (Å²) in [5.41, 5.74) is 3.33. The molecule has 0 radical (unpaired) electrons. The molecular formula is C20H20N2O2S. The van der Waals surface area contributed by atoms with Crippen LogP contribution in [0.1, 0.15) is 25.0 Å². The lowest BCUT2D eigenvalue weighted by atomic mass is 10.1. The Morgan fingerprint density at radius 1 is 1.16 bits per heavy atom. The van der Waals surface area contributed by atoms with E-state index in [0.717, 1.165) is 29.0 Å². The average molecular weight is 352 g/mol. The summed E-state index contributed by atoms with van der Waals surface area (Å²) in [5, 5.41) is 3.41. The van der Waals surface area contributed by atoms with E-state index < -0.39 is 0 Å². The van der Waals surface area contributed by atoms with Gasteiger partial charge in [0, 0.05) is 0 Å². The fourth-order valence-corrected chi connectivity index (χ4v) is 2.98. The van der Waals surface area contributed by atoms with Gasteiger partial charge in [-0.05, 0) is 67.0 Å². The SMILES string of the molecule is CCOc1ccc(/C=C2\NC(=S)N(c3cccc(CC)c3)C2=O)cc1. The third-order valence-corrected chi connectivity index (χ3v) is 4.24. The standard InChI is InChI=1S/C20H20N2O2S/c1-3-14-6-5-7-16(12-14)22-19(23)18(21-20(22)25)13-15-8-10-17(11-9-15)24-4-2/h5-13H,3-4H2,1-2H3,(H,21,25)/b18-13-. The maximum absolute atomic E-state index is 12.8. The summed E-state index contributed by atoms with van der Waals surface area (Å²) >= 11 is 5.36. The second-order valence-electron chi connectivity index (χ2n) is 5.65. The van der Waals surface area contributed by atoms with Gasteiger partial charge in [-0.1, -0.05) is 31.2 Å². The minimum atomic E-state index is -0.146. The van der Waals surface area contributed by atoms with Crippen LogP contribution in [0, 0.1) is 0 Å². The number of rotatable bonds is 5. The van der Waals surface area contributed by atoms with E-state index in [1.54, 1.807) is 6.08 Å². The minimum absolute atomic E-state index is 0.146. The van der Waals surface area contributed by atoms with E-state index >= 15 is 0 Å². The highest BCUT2D eigenvalue weighted by Gasteiger charge is 2.31. The van der Waals surface area contributed by atoms with Gasteiger partial charge in [-0.25, -0.2) is 0 Å². The van der Waals surface area contributed by atoms with Crippen molar-refractivity contribution < 1.29 is 9.53 Å². The Kier molecular flexibility index (Phi) is 5.14. The molecule has 1 heterocycles. The quantitative estimate of drug-likeness (QED) is 0.654. The van der Waals surface area contributed by atoms with Crippen LogP contribution >= 0.6 is 12.2 Å². The van der Waals surface area contributed by atoms with Crippen molar-refractivity contribution in [3.63, 3.8) is 0 Å². The molecule has 1 saturated heterocycles. The third-order valence-electron chi connectivity index (χ3n) is 3.96. The number of hydrogen-bond donors (Lipinski definition) is 1. The Morgan fingerprint density at radius 3 is 2.60 bits per heavy atom. The summed E-state index contributed by atoms with van der Waals surface area (Å²) in [5.74, 6) is 0.663. The molecule has 1 fully saturated rings. The van der Waals surface area contributed by atoms with Crippen LogP contribution < -0.4 is 15.0 Å². The molecule has 0 saturated carbocycles. The van der Waals surface area contributed by atoms with E-state index in [-0.39, 0.29) is 5.91 Å². The van der Waals surface area contributed by atoms with Gasteiger partial charge in [0.25, 0.3) is 5.91 Å². The van der Waals surface area contributed by atoms with Crippen LogP contribution in [-0.2, 0) is 11.2 Å². The normalized spacial score (nSPS) is 15.6. The topological polar surface area (TPSA) is 41.6 Å². The van der Waals surface area contributed by atoms with Crippen LogP contribution in [0.3, 0.4) is 0 Å². The number of aryl methyl sites for hydroxylation is 1. The second-order valence-corrected chi connectivity index (χ2v) is 6.04. The molecule has 4 nitrogen and oxygen atoms in total. The number of anilines is 1. The van der Waals surface area contributed by atoms with Crippen molar-refractivity contribution in [1.29, 1.82) is 0 Å². The molecule has 2 aromatic carbocycles. The van der Waals surface area contributed by atoms with Gasteiger partial charge in [0.2, 0.25) is 0 Å². The monoisotopic (exact) mass is 352 g/mol. The number of benzene rings is 2. The zero-order valence-electron chi connectivity index (χ0n) is 14.3. The van der Waals surface area contributed by atoms with Crippen molar-refractivity contribution in [1.82, 2.24) is 5.32 Å². The van der Waals surface area contributed by atoms with Crippen molar-refractivity contribution >= 4 is 35.0 Å². The second kappa shape index (κ2) is 7.49. The number of hydrogen-bond acceptors (Lipinski definition) is 3. The first-order valence-corrected chi connectivity index (χ1v) is 8.72. The Morgan fingerprint density at radius 2 is 1.92 bits per heavy atom. The van der Waals surface area contributed by atoms with Crippen LogP contribution in [0.5, 0.6) is 5.75 Å². The van der Waals surface area contributed by atoms with E-state index in [2.05, 4.69) is 12.2 Å². The first-order valence-electron chi connectivity index (χ1n) is 8.31. The summed E-state index contributed by atoms with van der Waals surface area (Å²) in [7, 11) is 0.